The SMILES string of the molecule is CCC(Cc1ccccc1)Nc1ccc2[nH]ccc2c1. The van der Waals surface area contributed by atoms with Gasteiger partial charge in [0.2, 0.25) is 0 Å². The highest BCUT2D eigenvalue weighted by molar-refractivity contribution is 5.83. The number of hydrogen-bond donors (Lipinski definition) is 2. The molecule has 0 spiro atoms. The van der Waals surface area contributed by atoms with Crippen LogP contribution in [-0.2, 0) is 6.42 Å². The van der Waals surface area contributed by atoms with Gasteiger partial charge in [-0.2, -0.15) is 0 Å². The third-order valence-electron chi connectivity index (χ3n) is 3.74. The van der Waals surface area contributed by atoms with Crippen LogP contribution >= 0.6 is 0 Å². The summed E-state index contributed by atoms with van der Waals surface area (Å²) in [5.74, 6) is 0. The zero-order valence-corrected chi connectivity index (χ0v) is 11.8. The predicted octanol–water partition coefficient (Wildman–Crippen LogP) is 4.60. The van der Waals surface area contributed by atoms with Gasteiger partial charge >= 0.3 is 0 Å². The Hall–Kier alpha value is -2.22. The van der Waals surface area contributed by atoms with Gasteiger partial charge in [-0.1, -0.05) is 37.3 Å². The second kappa shape index (κ2) is 5.83. The van der Waals surface area contributed by atoms with E-state index in [1.54, 1.807) is 0 Å². The van der Waals surface area contributed by atoms with Gasteiger partial charge in [0, 0.05) is 28.8 Å². The molecule has 0 aliphatic rings. The molecule has 0 saturated carbocycles. The van der Waals surface area contributed by atoms with Crippen molar-refractivity contribution in [1.29, 1.82) is 0 Å². The summed E-state index contributed by atoms with van der Waals surface area (Å²) in [5, 5.41) is 4.90. The van der Waals surface area contributed by atoms with E-state index in [4.69, 9.17) is 0 Å². The Kier molecular flexibility index (Phi) is 3.73. The minimum Gasteiger partial charge on any atom is -0.382 e. The summed E-state index contributed by atoms with van der Waals surface area (Å²) in [7, 11) is 0. The first-order valence-electron chi connectivity index (χ1n) is 7.23. The number of aromatic amines is 1. The van der Waals surface area contributed by atoms with Gasteiger partial charge in [0.1, 0.15) is 0 Å². The molecule has 2 N–H and O–H groups in total. The van der Waals surface area contributed by atoms with Gasteiger partial charge in [-0.3, -0.25) is 0 Å². The number of aromatic nitrogens is 1. The average Bonchev–Trinajstić information content (AvgIpc) is 2.95. The van der Waals surface area contributed by atoms with E-state index in [1.807, 2.05) is 6.20 Å². The molecule has 0 fully saturated rings. The fraction of sp³-hybridized carbons (Fsp3) is 0.222. The van der Waals surface area contributed by atoms with E-state index < -0.39 is 0 Å². The molecule has 1 aromatic heterocycles. The number of H-pyrrole nitrogens is 1. The molecule has 1 heterocycles. The van der Waals surface area contributed by atoms with Crippen LogP contribution in [0, 0.1) is 0 Å². The van der Waals surface area contributed by atoms with Crippen LogP contribution < -0.4 is 5.32 Å². The summed E-state index contributed by atoms with van der Waals surface area (Å²) in [6, 6.07) is 19.7. The summed E-state index contributed by atoms with van der Waals surface area (Å²) < 4.78 is 0. The van der Waals surface area contributed by atoms with Crippen molar-refractivity contribution in [2.45, 2.75) is 25.8 Å². The highest BCUT2D eigenvalue weighted by Gasteiger charge is 2.07. The molecule has 0 aliphatic carbocycles. The quantitative estimate of drug-likeness (QED) is 0.692. The van der Waals surface area contributed by atoms with E-state index in [0.717, 1.165) is 12.8 Å². The van der Waals surface area contributed by atoms with Crippen LogP contribution in [0.3, 0.4) is 0 Å². The van der Waals surface area contributed by atoms with Crippen LogP contribution in [0.15, 0.2) is 60.8 Å². The van der Waals surface area contributed by atoms with Gasteiger partial charge in [-0.05, 0) is 42.7 Å². The van der Waals surface area contributed by atoms with E-state index in [2.05, 4.69) is 71.8 Å². The Labute approximate surface area is 119 Å². The number of hydrogen-bond acceptors (Lipinski definition) is 1. The summed E-state index contributed by atoms with van der Waals surface area (Å²) >= 11 is 0. The number of anilines is 1. The first-order valence-corrected chi connectivity index (χ1v) is 7.23. The molecule has 3 rings (SSSR count). The Morgan fingerprint density at radius 1 is 1.05 bits per heavy atom. The van der Waals surface area contributed by atoms with Crippen molar-refractivity contribution in [1.82, 2.24) is 4.98 Å². The predicted molar refractivity (Wildman–Crippen MR) is 86.1 cm³/mol. The summed E-state index contributed by atoms with van der Waals surface area (Å²) in [4.78, 5) is 3.23. The number of benzene rings is 2. The maximum Gasteiger partial charge on any atom is 0.0455 e. The highest BCUT2D eigenvalue weighted by atomic mass is 14.9. The van der Waals surface area contributed by atoms with Crippen molar-refractivity contribution in [3.63, 3.8) is 0 Å². The first-order chi connectivity index (χ1) is 9.85. The topological polar surface area (TPSA) is 27.8 Å². The van der Waals surface area contributed by atoms with Crippen molar-refractivity contribution in [2.24, 2.45) is 0 Å². The number of nitrogens with one attached hydrogen (secondary N) is 2. The molecule has 0 saturated heterocycles. The summed E-state index contributed by atoms with van der Waals surface area (Å²) in [6.45, 7) is 2.23. The van der Waals surface area contributed by atoms with Crippen molar-refractivity contribution < 1.29 is 0 Å². The Morgan fingerprint density at radius 2 is 1.90 bits per heavy atom. The van der Waals surface area contributed by atoms with E-state index in [1.165, 1.54) is 22.2 Å². The highest BCUT2D eigenvalue weighted by Crippen LogP contribution is 2.20. The zero-order valence-electron chi connectivity index (χ0n) is 11.8. The van der Waals surface area contributed by atoms with E-state index in [-0.39, 0.29) is 0 Å². The fourth-order valence-electron chi connectivity index (χ4n) is 2.57. The molecule has 0 amide bonds. The Morgan fingerprint density at radius 3 is 2.70 bits per heavy atom. The lowest BCUT2D eigenvalue weighted by Gasteiger charge is -2.18. The molecule has 102 valence electrons. The Balaban J connectivity index is 1.73. The molecular weight excluding hydrogens is 244 g/mol. The lowest BCUT2D eigenvalue weighted by molar-refractivity contribution is 0.690. The molecular formula is C18H20N2. The second-order valence-electron chi connectivity index (χ2n) is 5.22. The van der Waals surface area contributed by atoms with Crippen LogP contribution in [0.25, 0.3) is 10.9 Å². The molecule has 1 unspecified atom stereocenters. The Bertz CT molecular complexity index is 670. The normalized spacial score (nSPS) is 12.4. The lowest BCUT2D eigenvalue weighted by Crippen LogP contribution is -2.21. The molecule has 2 aromatic carbocycles. The van der Waals surface area contributed by atoms with Crippen LogP contribution in [0.4, 0.5) is 5.69 Å². The van der Waals surface area contributed by atoms with Crippen molar-refractivity contribution >= 4 is 16.6 Å². The van der Waals surface area contributed by atoms with Gasteiger partial charge in [-0.15, -0.1) is 0 Å². The fourth-order valence-corrected chi connectivity index (χ4v) is 2.57. The molecule has 1 atom stereocenters. The molecule has 0 radical (unpaired) electrons. The van der Waals surface area contributed by atoms with E-state index >= 15 is 0 Å². The maximum absolute atomic E-state index is 3.65. The monoisotopic (exact) mass is 264 g/mol. The van der Waals surface area contributed by atoms with Crippen molar-refractivity contribution in [3.05, 3.63) is 66.4 Å². The second-order valence-corrected chi connectivity index (χ2v) is 5.22. The molecule has 2 heteroatoms. The third kappa shape index (κ3) is 2.85. The van der Waals surface area contributed by atoms with Crippen LogP contribution in [0.5, 0.6) is 0 Å². The van der Waals surface area contributed by atoms with Crippen LogP contribution in [-0.4, -0.2) is 11.0 Å². The summed E-state index contributed by atoms with van der Waals surface area (Å²) in [5.41, 5.74) is 3.76. The van der Waals surface area contributed by atoms with Crippen molar-refractivity contribution in [3.8, 4) is 0 Å². The standard InChI is InChI=1S/C18H20N2/c1-2-16(12-14-6-4-3-5-7-14)20-17-8-9-18-15(13-17)10-11-19-18/h3-11,13,16,19-20H,2,12H2,1H3. The summed E-state index contributed by atoms with van der Waals surface area (Å²) in [6.07, 6.45) is 4.15. The largest absolute Gasteiger partial charge is 0.382 e. The molecule has 2 nitrogen and oxygen atoms in total. The third-order valence-corrected chi connectivity index (χ3v) is 3.74. The molecule has 3 aromatic rings. The van der Waals surface area contributed by atoms with Crippen LogP contribution in [0.2, 0.25) is 0 Å². The molecule has 0 aliphatic heterocycles. The van der Waals surface area contributed by atoms with Crippen molar-refractivity contribution in [2.75, 3.05) is 5.32 Å². The van der Waals surface area contributed by atoms with Gasteiger partial charge in [0.15, 0.2) is 0 Å². The minimum atomic E-state index is 0.466. The van der Waals surface area contributed by atoms with Gasteiger partial charge in [0.05, 0.1) is 0 Å². The average molecular weight is 264 g/mol. The minimum absolute atomic E-state index is 0.466. The number of fused-ring (bicyclic) bond motifs is 1. The number of rotatable bonds is 5. The molecule has 0 bridgehead atoms. The smallest absolute Gasteiger partial charge is 0.0455 e. The van der Waals surface area contributed by atoms with Gasteiger partial charge < -0.3 is 10.3 Å². The van der Waals surface area contributed by atoms with Gasteiger partial charge in [0.25, 0.3) is 0 Å². The van der Waals surface area contributed by atoms with E-state index in [0.29, 0.717) is 6.04 Å². The van der Waals surface area contributed by atoms with E-state index in [9.17, 15) is 0 Å². The lowest BCUT2D eigenvalue weighted by atomic mass is 10.0. The van der Waals surface area contributed by atoms with Crippen LogP contribution in [0.1, 0.15) is 18.9 Å². The zero-order chi connectivity index (χ0) is 13.8. The first kappa shape index (κ1) is 12.8. The van der Waals surface area contributed by atoms with Gasteiger partial charge in [-0.25, -0.2) is 0 Å². The maximum atomic E-state index is 3.65. The molecule has 20 heavy (non-hydrogen) atoms.